The van der Waals surface area contributed by atoms with Gasteiger partial charge < -0.3 is 5.11 Å². The molecule has 0 spiro atoms. The second-order valence-electron chi connectivity index (χ2n) is 1.55. The van der Waals surface area contributed by atoms with E-state index in [9.17, 15) is 4.79 Å². The second kappa shape index (κ2) is 7.63. The van der Waals surface area contributed by atoms with Crippen LogP contribution in [-0.4, -0.2) is 22.6 Å². The van der Waals surface area contributed by atoms with E-state index in [0.717, 1.165) is 12.2 Å². The first-order valence-electron chi connectivity index (χ1n) is 2.90. The Morgan fingerprint density at radius 2 is 2.20 bits per heavy atom. The Labute approximate surface area is 72.3 Å². The summed E-state index contributed by atoms with van der Waals surface area (Å²) in [6, 6.07) is 0. The van der Waals surface area contributed by atoms with Crippen LogP contribution in [0.2, 0.25) is 0 Å². The molecule has 0 aromatic carbocycles. The molecule has 0 radical (unpaired) electrons. The third kappa shape index (κ3) is 8.52. The van der Waals surface area contributed by atoms with Crippen LogP contribution in [0, 0.1) is 0 Å². The lowest BCUT2D eigenvalue weighted by molar-refractivity contribution is -0.133. The van der Waals surface area contributed by atoms with E-state index in [1.165, 1.54) is 10.8 Å². The second-order valence-corrected chi connectivity index (χ2v) is 5.90. The fourth-order valence-electron chi connectivity index (χ4n) is 0.226. The maximum absolute atomic E-state index is 9.99. The summed E-state index contributed by atoms with van der Waals surface area (Å²) in [5.41, 5.74) is 0. The summed E-state index contributed by atoms with van der Waals surface area (Å²) in [6.45, 7) is 2.11. The number of carbonyl (C=O) groups is 1. The normalized spacial score (nSPS) is 9.70. The maximum Gasteiger partial charge on any atom is 0.314 e. The average molecular weight is 198 g/mol. The quantitative estimate of drug-likeness (QED) is 0.524. The van der Waals surface area contributed by atoms with Crippen LogP contribution in [0.1, 0.15) is 13.3 Å². The van der Waals surface area contributed by atoms with Gasteiger partial charge in [0.15, 0.2) is 0 Å². The Bertz CT molecular complexity index is 96.9. The van der Waals surface area contributed by atoms with Crippen molar-refractivity contribution >= 4 is 37.4 Å². The molecule has 0 saturated heterocycles. The lowest BCUT2D eigenvalue weighted by Gasteiger charge is -1.94. The number of carboxylic acids is 1. The fraction of sp³-hybridized carbons (Fsp3) is 0.800. The van der Waals surface area contributed by atoms with Crippen molar-refractivity contribution in [3.8, 4) is 0 Å². The summed E-state index contributed by atoms with van der Waals surface area (Å²) >= 11 is 0. The number of hydrogen-bond acceptors (Lipinski definition) is 4. The number of carboxylic acid groups (broad SMARTS) is 1. The minimum Gasteiger partial charge on any atom is -0.481 e. The lowest BCUT2D eigenvalue weighted by Crippen LogP contribution is -1.95. The molecule has 0 aliphatic heterocycles. The Morgan fingerprint density at radius 1 is 1.50 bits per heavy atom. The third-order valence-corrected chi connectivity index (χ3v) is 4.86. The summed E-state index contributed by atoms with van der Waals surface area (Å²) < 4.78 is 0. The van der Waals surface area contributed by atoms with Gasteiger partial charge in [-0.05, 0) is 16.2 Å². The Kier molecular flexibility index (Phi) is 8.02. The van der Waals surface area contributed by atoms with Gasteiger partial charge in [-0.15, -0.1) is 0 Å². The van der Waals surface area contributed by atoms with Crippen LogP contribution >= 0.6 is 31.4 Å². The summed E-state index contributed by atoms with van der Waals surface area (Å²) in [5, 5.41) is 8.23. The van der Waals surface area contributed by atoms with E-state index >= 15 is 0 Å². The van der Waals surface area contributed by atoms with Crippen LogP contribution in [0.4, 0.5) is 0 Å². The molecule has 0 unspecified atom stereocenters. The van der Waals surface area contributed by atoms with Gasteiger partial charge >= 0.3 is 5.97 Å². The molecule has 0 aliphatic rings. The van der Waals surface area contributed by atoms with Crippen LogP contribution in [-0.2, 0) is 4.79 Å². The van der Waals surface area contributed by atoms with Crippen LogP contribution in [0.15, 0.2) is 0 Å². The van der Waals surface area contributed by atoms with Gasteiger partial charge in [0.1, 0.15) is 5.75 Å². The van der Waals surface area contributed by atoms with E-state index < -0.39 is 5.97 Å². The lowest BCUT2D eigenvalue weighted by atomic mass is 10.6. The predicted octanol–water partition coefficient (Wildman–Crippen LogP) is 2.51. The number of hydrogen-bond donors (Lipinski definition) is 1. The molecule has 2 nitrogen and oxygen atoms in total. The van der Waals surface area contributed by atoms with Crippen molar-refractivity contribution < 1.29 is 9.90 Å². The van der Waals surface area contributed by atoms with Crippen molar-refractivity contribution in [3.63, 3.8) is 0 Å². The first-order valence-corrected chi connectivity index (χ1v) is 6.72. The average Bonchev–Trinajstić information content (AvgIpc) is 1.87. The molecule has 0 aromatic rings. The van der Waals surface area contributed by atoms with E-state index in [1.807, 2.05) is 0 Å². The van der Waals surface area contributed by atoms with Crippen molar-refractivity contribution in [2.75, 3.05) is 11.5 Å². The molecular formula is C5H10O2S3. The first kappa shape index (κ1) is 10.5. The molecule has 0 aromatic heterocycles. The smallest absolute Gasteiger partial charge is 0.314 e. The van der Waals surface area contributed by atoms with E-state index in [0.29, 0.717) is 0 Å². The van der Waals surface area contributed by atoms with E-state index in [1.54, 1.807) is 20.6 Å². The summed E-state index contributed by atoms with van der Waals surface area (Å²) in [4.78, 5) is 9.99. The zero-order valence-electron chi connectivity index (χ0n) is 5.70. The molecule has 0 aliphatic carbocycles. The number of rotatable bonds is 6. The van der Waals surface area contributed by atoms with Gasteiger partial charge in [-0.3, -0.25) is 4.79 Å². The highest BCUT2D eigenvalue weighted by atomic mass is 33.5. The molecule has 0 amide bonds. The highest BCUT2D eigenvalue weighted by Gasteiger charge is 1.96. The zero-order chi connectivity index (χ0) is 7.82. The van der Waals surface area contributed by atoms with Gasteiger partial charge in [0, 0.05) is 5.75 Å². The molecule has 0 saturated carbocycles. The Morgan fingerprint density at radius 3 is 2.70 bits per heavy atom. The van der Waals surface area contributed by atoms with Gasteiger partial charge in [-0.25, -0.2) is 0 Å². The fourth-order valence-corrected chi connectivity index (χ4v) is 3.69. The van der Waals surface area contributed by atoms with Gasteiger partial charge in [0.25, 0.3) is 0 Å². The van der Waals surface area contributed by atoms with Gasteiger partial charge in [-0.1, -0.05) is 28.5 Å². The van der Waals surface area contributed by atoms with Crippen molar-refractivity contribution in [1.29, 1.82) is 0 Å². The van der Waals surface area contributed by atoms with E-state index in [4.69, 9.17) is 5.11 Å². The Hall–Kier alpha value is 0.520. The largest absolute Gasteiger partial charge is 0.481 e. The SMILES string of the molecule is CCCSSSCC(=O)O. The molecule has 0 rings (SSSR count). The van der Waals surface area contributed by atoms with E-state index in [-0.39, 0.29) is 5.75 Å². The van der Waals surface area contributed by atoms with Gasteiger partial charge in [0.05, 0.1) is 0 Å². The standard InChI is InChI=1S/C5H10O2S3/c1-2-3-8-10-9-4-5(6)7/h2-4H2,1H3,(H,6,7). The molecule has 0 fully saturated rings. The molecule has 0 atom stereocenters. The first-order chi connectivity index (χ1) is 4.77. The van der Waals surface area contributed by atoms with Crippen LogP contribution in [0.25, 0.3) is 0 Å². The predicted molar refractivity (Wildman–Crippen MR) is 50.4 cm³/mol. The molecule has 10 heavy (non-hydrogen) atoms. The van der Waals surface area contributed by atoms with Crippen LogP contribution in [0.5, 0.6) is 0 Å². The summed E-state index contributed by atoms with van der Waals surface area (Å²) in [6.07, 6.45) is 1.14. The van der Waals surface area contributed by atoms with Crippen LogP contribution < -0.4 is 0 Å². The monoisotopic (exact) mass is 198 g/mol. The topological polar surface area (TPSA) is 37.3 Å². The van der Waals surface area contributed by atoms with Crippen molar-refractivity contribution in [2.24, 2.45) is 0 Å². The molecule has 60 valence electrons. The summed E-state index contributed by atoms with van der Waals surface area (Å²) in [5.74, 6) is 0.549. The van der Waals surface area contributed by atoms with Gasteiger partial charge in [0.2, 0.25) is 0 Å². The van der Waals surface area contributed by atoms with Gasteiger partial charge in [-0.2, -0.15) is 0 Å². The molecular weight excluding hydrogens is 188 g/mol. The van der Waals surface area contributed by atoms with Crippen molar-refractivity contribution in [2.45, 2.75) is 13.3 Å². The minimum absolute atomic E-state index is 0.196. The molecule has 0 bridgehead atoms. The molecule has 5 heteroatoms. The highest BCUT2D eigenvalue weighted by molar-refractivity contribution is 9.09. The zero-order valence-corrected chi connectivity index (χ0v) is 8.15. The highest BCUT2D eigenvalue weighted by Crippen LogP contribution is 2.34. The maximum atomic E-state index is 9.99. The van der Waals surface area contributed by atoms with Crippen molar-refractivity contribution in [3.05, 3.63) is 0 Å². The van der Waals surface area contributed by atoms with Crippen molar-refractivity contribution in [1.82, 2.24) is 0 Å². The molecule has 0 heterocycles. The molecule has 1 N–H and O–H groups in total. The van der Waals surface area contributed by atoms with Crippen LogP contribution in [0.3, 0.4) is 0 Å². The Balaban J connectivity index is 2.84. The summed E-state index contributed by atoms with van der Waals surface area (Å²) in [7, 11) is 4.65. The minimum atomic E-state index is -0.741. The number of aliphatic carboxylic acids is 1. The third-order valence-electron chi connectivity index (χ3n) is 0.566. The van der Waals surface area contributed by atoms with E-state index in [2.05, 4.69) is 6.92 Å².